The summed E-state index contributed by atoms with van der Waals surface area (Å²) in [5.74, 6) is -0.455. The number of likely N-dealkylation sites (N-methyl/N-ethyl adjacent to an activating group) is 1. The van der Waals surface area contributed by atoms with Crippen LogP contribution in [0.4, 0.5) is 23.2 Å². The number of carbonyl (C=O) groups is 1. The Balaban J connectivity index is 1.48. The van der Waals surface area contributed by atoms with Crippen LogP contribution in [0.25, 0.3) is 0 Å². The monoisotopic (exact) mass is 529 g/mol. The molecule has 2 saturated carbocycles. The summed E-state index contributed by atoms with van der Waals surface area (Å²) in [6.45, 7) is 2.06. The molecule has 2 aliphatic carbocycles. The number of hydrogen-bond acceptors (Lipinski definition) is 4. The van der Waals surface area contributed by atoms with Gasteiger partial charge in [0.05, 0.1) is 23.9 Å². The maximum atomic E-state index is 14.1. The number of anilines is 1. The van der Waals surface area contributed by atoms with Gasteiger partial charge in [0.1, 0.15) is 12.0 Å². The van der Waals surface area contributed by atoms with Crippen molar-refractivity contribution in [2.24, 2.45) is 0 Å². The maximum absolute atomic E-state index is 14.1. The molecule has 2 aromatic rings. The van der Waals surface area contributed by atoms with Gasteiger partial charge >= 0.3 is 6.18 Å². The number of nitrogens with one attached hydrogen (secondary N) is 3. The third kappa shape index (κ3) is 4.38. The number of nitrogens with zero attached hydrogens (tertiary/aromatic N) is 2. The van der Waals surface area contributed by atoms with Crippen molar-refractivity contribution in [2.75, 3.05) is 11.9 Å². The molecule has 0 aromatic heterocycles. The molecular formula is C28H31F4N5O. The molecule has 1 heterocycles. The first kappa shape index (κ1) is 26.3. The summed E-state index contributed by atoms with van der Waals surface area (Å²) in [5.41, 5.74) is -0.467. The maximum Gasteiger partial charge on any atom is 0.416 e. The van der Waals surface area contributed by atoms with Gasteiger partial charge in [-0.25, -0.2) is 4.39 Å². The molecule has 3 aliphatic rings. The number of fused-ring (bicyclic) bond motifs is 1. The fraction of sp³-hybridized carbons (Fsp3) is 0.464. The quantitative estimate of drug-likeness (QED) is 0.241. The number of halogens is 4. The minimum absolute atomic E-state index is 0.0410. The van der Waals surface area contributed by atoms with Crippen LogP contribution in [0, 0.1) is 10.8 Å². The molecular weight excluding hydrogens is 498 g/mol. The lowest BCUT2D eigenvalue weighted by Gasteiger charge is -2.46. The van der Waals surface area contributed by atoms with E-state index in [-0.39, 0.29) is 48.4 Å². The molecule has 2 aromatic carbocycles. The average Bonchev–Trinajstić information content (AvgIpc) is 3.18. The van der Waals surface area contributed by atoms with Crippen molar-refractivity contribution in [3.05, 3.63) is 64.2 Å². The summed E-state index contributed by atoms with van der Waals surface area (Å²) in [5, 5.41) is 19.4. The number of amides is 1. The van der Waals surface area contributed by atoms with E-state index in [4.69, 9.17) is 10.8 Å². The van der Waals surface area contributed by atoms with Gasteiger partial charge in [0.2, 0.25) is 0 Å². The molecule has 0 atom stereocenters. The first-order chi connectivity index (χ1) is 17.9. The summed E-state index contributed by atoms with van der Waals surface area (Å²) in [6, 6.07) is 9.41. The number of benzene rings is 2. The summed E-state index contributed by atoms with van der Waals surface area (Å²) in [4.78, 5) is 16.1. The molecule has 3 N–H and O–H groups in total. The molecule has 0 saturated heterocycles. The Morgan fingerprint density at radius 2 is 1.95 bits per heavy atom. The van der Waals surface area contributed by atoms with Crippen molar-refractivity contribution in [1.82, 2.24) is 10.2 Å². The van der Waals surface area contributed by atoms with Crippen molar-refractivity contribution in [2.45, 2.75) is 75.4 Å². The van der Waals surface area contributed by atoms with Crippen molar-refractivity contribution in [3.63, 3.8) is 0 Å². The average molecular weight is 530 g/mol. The van der Waals surface area contributed by atoms with E-state index < -0.39 is 29.2 Å². The Kier molecular flexibility index (Phi) is 6.37. The second kappa shape index (κ2) is 9.18. The van der Waals surface area contributed by atoms with Gasteiger partial charge in [-0.15, -0.1) is 0 Å². The van der Waals surface area contributed by atoms with Gasteiger partial charge in [0.25, 0.3) is 5.91 Å². The highest BCUT2D eigenvalue weighted by atomic mass is 19.4. The smallest absolute Gasteiger partial charge is 0.324 e. The van der Waals surface area contributed by atoms with Crippen LogP contribution in [0.3, 0.4) is 0 Å². The zero-order valence-corrected chi connectivity index (χ0v) is 21.4. The molecule has 0 spiro atoms. The zero-order chi connectivity index (χ0) is 27.5. The van der Waals surface area contributed by atoms with Crippen LogP contribution < -0.4 is 10.2 Å². The molecule has 38 heavy (non-hydrogen) atoms. The van der Waals surface area contributed by atoms with Gasteiger partial charge in [0, 0.05) is 30.4 Å². The minimum atomic E-state index is -4.61. The van der Waals surface area contributed by atoms with Crippen molar-refractivity contribution in [1.29, 1.82) is 10.8 Å². The molecule has 202 valence electrons. The highest BCUT2D eigenvalue weighted by Gasteiger charge is 2.51. The predicted molar refractivity (Wildman–Crippen MR) is 138 cm³/mol. The highest BCUT2D eigenvalue weighted by molar-refractivity contribution is 6.10. The van der Waals surface area contributed by atoms with Crippen LogP contribution in [0.1, 0.15) is 71.6 Å². The Morgan fingerprint density at radius 1 is 1.24 bits per heavy atom. The van der Waals surface area contributed by atoms with E-state index in [1.807, 2.05) is 6.92 Å². The lowest BCUT2D eigenvalue weighted by atomic mass is 9.62. The second-order valence-corrected chi connectivity index (χ2v) is 11.1. The minimum Gasteiger partial charge on any atom is -0.324 e. The van der Waals surface area contributed by atoms with E-state index in [2.05, 4.69) is 5.32 Å². The zero-order valence-electron chi connectivity index (χ0n) is 21.4. The first-order valence-corrected chi connectivity index (χ1v) is 12.7. The predicted octanol–water partition coefficient (Wildman–Crippen LogP) is 5.78. The van der Waals surface area contributed by atoms with Crippen molar-refractivity contribution in [3.8, 4) is 0 Å². The normalized spacial score (nSPS) is 23.9. The summed E-state index contributed by atoms with van der Waals surface area (Å²) >= 11 is 0. The summed E-state index contributed by atoms with van der Waals surface area (Å²) in [6.07, 6.45) is -1.59. The van der Waals surface area contributed by atoms with Gasteiger partial charge < -0.3 is 15.1 Å². The molecule has 10 heteroatoms. The highest BCUT2D eigenvalue weighted by Crippen LogP contribution is 2.48. The van der Waals surface area contributed by atoms with Gasteiger partial charge in [-0.2, -0.15) is 13.2 Å². The standard InChI is InChI=1S/C28H31F4N5O/c1-26(7-4-8-26)35-14-17-9-21-22(23(10-17)28(30,31)32)15-37(24(21)38)20-6-3-5-18(11-20)27(12-19(29)13-27)25(34)36(2)16-33/h3,5-6,9-11,16,19,33-35H,4,7-8,12-15H2,1-2H3/t19-,27-. The van der Waals surface area contributed by atoms with Gasteiger partial charge in [-0.3, -0.25) is 15.6 Å². The lowest BCUT2D eigenvalue weighted by Crippen LogP contribution is -2.53. The van der Waals surface area contributed by atoms with E-state index in [1.54, 1.807) is 37.4 Å². The van der Waals surface area contributed by atoms with Crippen LogP contribution in [0.15, 0.2) is 36.4 Å². The van der Waals surface area contributed by atoms with Gasteiger partial charge in [0.15, 0.2) is 0 Å². The van der Waals surface area contributed by atoms with Gasteiger partial charge in [-0.1, -0.05) is 12.1 Å². The Hall–Kier alpha value is -3.27. The third-order valence-electron chi connectivity index (χ3n) is 8.43. The van der Waals surface area contributed by atoms with Crippen molar-refractivity contribution >= 4 is 23.8 Å². The molecule has 0 radical (unpaired) electrons. The number of hydrogen-bond donors (Lipinski definition) is 3. The lowest BCUT2D eigenvalue weighted by molar-refractivity contribution is -0.138. The SMILES string of the molecule is CN(C=N)C(=N)[C@]1(c2cccc(N3Cc4c(cc(CNC5(C)CCC5)cc4C(F)(F)F)C3=O)c2)C[C@@H](F)C1. The fourth-order valence-corrected chi connectivity index (χ4v) is 5.87. The molecule has 0 bridgehead atoms. The van der Waals surface area contributed by atoms with Crippen molar-refractivity contribution < 1.29 is 22.4 Å². The number of alkyl halides is 4. The first-order valence-electron chi connectivity index (χ1n) is 12.7. The van der Waals surface area contributed by atoms with E-state index in [0.29, 0.717) is 16.8 Å². The molecule has 2 fully saturated rings. The van der Waals surface area contributed by atoms with Crippen LogP contribution in [0.5, 0.6) is 0 Å². The second-order valence-electron chi connectivity index (χ2n) is 11.1. The molecule has 1 amide bonds. The van der Waals surface area contributed by atoms with Crippen LogP contribution in [-0.2, 0) is 24.7 Å². The third-order valence-corrected chi connectivity index (χ3v) is 8.43. The fourth-order valence-electron chi connectivity index (χ4n) is 5.87. The number of amidine groups is 1. The molecule has 1 aliphatic heterocycles. The molecule has 6 nitrogen and oxygen atoms in total. The van der Waals surface area contributed by atoms with Crippen LogP contribution in [-0.4, -0.2) is 41.7 Å². The Morgan fingerprint density at radius 3 is 2.53 bits per heavy atom. The number of rotatable bonds is 7. The van der Waals surface area contributed by atoms with Crippen LogP contribution >= 0.6 is 0 Å². The summed E-state index contributed by atoms with van der Waals surface area (Å²) in [7, 11) is 1.55. The largest absolute Gasteiger partial charge is 0.416 e. The van der Waals surface area contributed by atoms with Gasteiger partial charge in [-0.05, 0) is 80.0 Å². The molecule has 0 unspecified atom stereocenters. The van der Waals surface area contributed by atoms with Crippen LogP contribution in [0.2, 0.25) is 0 Å². The molecule has 5 rings (SSSR count). The number of carbonyl (C=O) groups excluding carboxylic acids is 1. The van der Waals surface area contributed by atoms with E-state index in [1.165, 1.54) is 9.80 Å². The van der Waals surface area contributed by atoms with E-state index in [9.17, 15) is 22.4 Å². The Bertz CT molecular complexity index is 1300. The van der Waals surface area contributed by atoms with E-state index in [0.717, 1.165) is 31.7 Å². The Labute approximate surface area is 219 Å². The summed E-state index contributed by atoms with van der Waals surface area (Å²) < 4.78 is 56.4. The van der Waals surface area contributed by atoms with E-state index >= 15 is 0 Å². The topological polar surface area (TPSA) is 83.3 Å².